The van der Waals surface area contributed by atoms with Crippen molar-refractivity contribution in [3.8, 4) is 0 Å². The van der Waals surface area contributed by atoms with Crippen LogP contribution < -0.4 is 5.32 Å². The lowest BCUT2D eigenvalue weighted by Gasteiger charge is -2.29. The molecular weight excluding hydrogens is 284 g/mol. The van der Waals surface area contributed by atoms with Gasteiger partial charge in [-0.05, 0) is 24.3 Å². The summed E-state index contributed by atoms with van der Waals surface area (Å²) in [7, 11) is 0.0146. The predicted octanol–water partition coefficient (Wildman–Crippen LogP) is 2.22. The normalized spacial score (nSPS) is 14.4. The number of hydrogen-bond donors (Lipinski definition) is 1. The van der Waals surface area contributed by atoms with Crippen LogP contribution in [0.15, 0.2) is 30.3 Å². The van der Waals surface area contributed by atoms with Crippen molar-refractivity contribution in [2.75, 3.05) is 26.4 Å². The Bertz CT molecular complexity index is 524. The fourth-order valence-electron chi connectivity index (χ4n) is 2.46. The molecule has 0 fully saturated rings. The second kappa shape index (κ2) is 7.38. The Balaban J connectivity index is 2.49. The summed E-state index contributed by atoms with van der Waals surface area (Å²) in [4.78, 5) is 0. The fraction of sp³-hybridized carbons (Fsp3) is 0.625. The van der Waals surface area contributed by atoms with Gasteiger partial charge in [-0.2, -0.15) is 0 Å². The molecule has 0 aliphatic rings. The molecule has 1 aromatic rings. The van der Waals surface area contributed by atoms with Crippen LogP contribution in [0, 0.1) is 0 Å². The topological polar surface area (TPSA) is 49.4 Å². The Kier molecular flexibility index (Phi) is 6.38. The van der Waals surface area contributed by atoms with Gasteiger partial charge in [-0.15, -0.1) is 0 Å². The summed E-state index contributed by atoms with van der Waals surface area (Å²) in [5.41, 5.74) is 1.37. The van der Waals surface area contributed by atoms with Crippen LogP contribution in [0.5, 0.6) is 0 Å². The van der Waals surface area contributed by atoms with Gasteiger partial charge >= 0.3 is 0 Å². The van der Waals surface area contributed by atoms with Crippen LogP contribution in [0.4, 0.5) is 0 Å². The number of nitrogens with zero attached hydrogens (tertiary/aromatic N) is 1. The van der Waals surface area contributed by atoms with Crippen molar-refractivity contribution in [2.45, 2.75) is 38.6 Å². The zero-order valence-corrected chi connectivity index (χ0v) is 14.6. The summed E-state index contributed by atoms with van der Waals surface area (Å²) in [5.74, 6) is 0.135. The molecule has 4 nitrogen and oxygen atoms in total. The maximum atomic E-state index is 11.7. The minimum atomic E-state index is -3.12. The molecule has 120 valence electrons. The van der Waals surface area contributed by atoms with E-state index in [9.17, 15) is 8.42 Å². The van der Waals surface area contributed by atoms with Crippen molar-refractivity contribution >= 4 is 10.0 Å². The largest absolute Gasteiger partial charge is 0.313 e. The smallest absolute Gasteiger partial charge is 0.214 e. The molecule has 0 aliphatic carbocycles. The lowest BCUT2D eigenvalue weighted by molar-refractivity contribution is 0.393. The summed E-state index contributed by atoms with van der Waals surface area (Å²) in [6.07, 6.45) is 0.957. The van der Waals surface area contributed by atoms with Gasteiger partial charge in [0.2, 0.25) is 10.0 Å². The Labute approximate surface area is 129 Å². The summed E-state index contributed by atoms with van der Waals surface area (Å²) in [6, 6.07) is 10.7. The highest BCUT2D eigenvalue weighted by molar-refractivity contribution is 7.89. The summed E-state index contributed by atoms with van der Waals surface area (Å²) < 4.78 is 24.7. The number of benzene rings is 1. The average molecular weight is 312 g/mol. The molecule has 0 radical (unpaired) electrons. The Morgan fingerprint density at radius 3 is 2.29 bits per heavy atom. The molecule has 1 unspecified atom stereocenters. The molecule has 0 bridgehead atoms. The van der Waals surface area contributed by atoms with E-state index in [1.165, 1.54) is 9.87 Å². The van der Waals surface area contributed by atoms with Gasteiger partial charge < -0.3 is 5.32 Å². The predicted molar refractivity (Wildman–Crippen MR) is 89.0 cm³/mol. The molecule has 1 N–H and O–H groups in total. The Hall–Kier alpha value is -0.910. The maximum absolute atomic E-state index is 11.7. The molecule has 0 saturated heterocycles. The van der Waals surface area contributed by atoms with Crippen LogP contribution in [0.2, 0.25) is 0 Å². The number of rotatable bonds is 8. The molecule has 0 aliphatic heterocycles. The van der Waals surface area contributed by atoms with Gasteiger partial charge in [0.25, 0.3) is 0 Å². The van der Waals surface area contributed by atoms with E-state index in [0.717, 1.165) is 6.42 Å². The van der Waals surface area contributed by atoms with Crippen LogP contribution in [-0.2, 0) is 15.4 Å². The molecule has 0 saturated carbocycles. The molecule has 0 aromatic heterocycles. The standard InChI is InChI=1S/C16H28N2O2S/c1-14(17-11-12-21(19,20)18(4)5)13-16(2,3)15-9-7-6-8-10-15/h6-10,14,17H,11-13H2,1-5H3. The van der Waals surface area contributed by atoms with Crippen LogP contribution >= 0.6 is 0 Å². The first-order chi connectivity index (χ1) is 9.65. The van der Waals surface area contributed by atoms with Crippen molar-refractivity contribution in [3.63, 3.8) is 0 Å². The second-order valence-electron chi connectivity index (χ2n) is 6.41. The molecule has 0 amide bonds. The first kappa shape index (κ1) is 18.1. The van der Waals surface area contributed by atoms with E-state index >= 15 is 0 Å². The van der Waals surface area contributed by atoms with Crippen LogP contribution in [-0.4, -0.2) is 45.2 Å². The monoisotopic (exact) mass is 312 g/mol. The molecule has 1 aromatic carbocycles. The van der Waals surface area contributed by atoms with Gasteiger partial charge in [-0.1, -0.05) is 44.2 Å². The Morgan fingerprint density at radius 1 is 1.19 bits per heavy atom. The molecule has 0 heterocycles. The average Bonchev–Trinajstić information content (AvgIpc) is 2.38. The van der Waals surface area contributed by atoms with E-state index in [2.05, 4.69) is 50.4 Å². The van der Waals surface area contributed by atoms with E-state index in [1.54, 1.807) is 14.1 Å². The molecule has 21 heavy (non-hydrogen) atoms. The minimum Gasteiger partial charge on any atom is -0.313 e. The third-order valence-corrected chi connectivity index (χ3v) is 5.61. The molecular formula is C16H28N2O2S. The van der Waals surface area contributed by atoms with Gasteiger partial charge in [0.05, 0.1) is 5.75 Å². The second-order valence-corrected chi connectivity index (χ2v) is 8.71. The van der Waals surface area contributed by atoms with Gasteiger partial charge in [0.1, 0.15) is 0 Å². The zero-order valence-electron chi connectivity index (χ0n) is 13.8. The van der Waals surface area contributed by atoms with Gasteiger partial charge in [0.15, 0.2) is 0 Å². The summed E-state index contributed by atoms with van der Waals surface area (Å²) >= 11 is 0. The fourth-order valence-corrected chi connectivity index (χ4v) is 3.20. The van der Waals surface area contributed by atoms with E-state index in [4.69, 9.17) is 0 Å². The highest BCUT2D eigenvalue weighted by Crippen LogP contribution is 2.27. The van der Waals surface area contributed by atoms with Crippen molar-refractivity contribution < 1.29 is 8.42 Å². The zero-order chi connectivity index (χ0) is 16.1. The van der Waals surface area contributed by atoms with Crippen LogP contribution in [0.3, 0.4) is 0 Å². The third-order valence-electron chi connectivity index (χ3n) is 3.78. The van der Waals surface area contributed by atoms with E-state index in [0.29, 0.717) is 6.54 Å². The highest BCUT2D eigenvalue weighted by atomic mass is 32.2. The first-order valence-electron chi connectivity index (χ1n) is 7.34. The summed E-state index contributed by atoms with van der Waals surface area (Å²) in [5, 5.41) is 3.31. The molecule has 1 atom stereocenters. The van der Waals surface area contributed by atoms with Gasteiger partial charge in [-0.25, -0.2) is 12.7 Å². The Morgan fingerprint density at radius 2 is 1.76 bits per heavy atom. The van der Waals surface area contributed by atoms with Gasteiger partial charge in [0, 0.05) is 26.7 Å². The van der Waals surface area contributed by atoms with Crippen LogP contribution in [0.25, 0.3) is 0 Å². The summed E-state index contributed by atoms with van der Waals surface area (Å²) in [6.45, 7) is 7.02. The molecule has 1 rings (SSSR count). The number of hydrogen-bond acceptors (Lipinski definition) is 3. The van der Waals surface area contributed by atoms with E-state index < -0.39 is 10.0 Å². The number of nitrogens with one attached hydrogen (secondary N) is 1. The van der Waals surface area contributed by atoms with E-state index in [1.807, 2.05) is 6.07 Å². The highest BCUT2D eigenvalue weighted by Gasteiger charge is 2.23. The number of sulfonamides is 1. The van der Waals surface area contributed by atoms with Crippen molar-refractivity contribution in [1.82, 2.24) is 9.62 Å². The lowest BCUT2D eigenvalue weighted by Crippen LogP contribution is -2.37. The SMILES string of the molecule is CC(CC(C)(C)c1ccccc1)NCCS(=O)(=O)N(C)C. The van der Waals surface area contributed by atoms with Gasteiger partial charge in [-0.3, -0.25) is 0 Å². The minimum absolute atomic E-state index is 0.0636. The molecule has 0 spiro atoms. The quantitative estimate of drug-likeness (QED) is 0.801. The van der Waals surface area contributed by atoms with Crippen molar-refractivity contribution in [2.24, 2.45) is 0 Å². The van der Waals surface area contributed by atoms with Crippen molar-refractivity contribution in [3.05, 3.63) is 35.9 Å². The molecule has 5 heteroatoms. The lowest BCUT2D eigenvalue weighted by atomic mass is 9.79. The van der Waals surface area contributed by atoms with Crippen molar-refractivity contribution in [1.29, 1.82) is 0 Å². The first-order valence-corrected chi connectivity index (χ1v) is 8.95. The van der Waals surface area contributed by atoms with E-state index in [-0.39, 0.29) is 17.2 Å². The third kappa shape index (κ3) is 5.77. The maximum Gasteiger partial charge on any atom is 0.214 e. The van der Waals surface area contributed by atoms with Crippen LogP contribution in [0.1, 0.15) is 32.8 Å².